The maximum atomic E-state index is 12.3. The highest BCUT2D eigenvalue weighted by Crippen LogP contribution is 2.28. The van der Waals surface area contributed by atoms with Crippen molar-refractivity contribution in [2.45, 2.75) is 6.42 Å². The monoisotopic (exact) mass is 335 g/mol. The van der Waals surface area contributed by atoms with E-state index >= 15 is 0 Å². The lowest BCUT2D eigenvalue weighted by atomic mass is 10.1. The summed E-state index contributed by atoms with van der Waals surface area (Å²) in [5.41, 5.74) is 2.65. The third-order valence-electron chi connectivity index (χ3n) is 3.67. The third-order valence-corrected chi connectivity index (χ3v) is 4.63. The van der Waals surface area contributed by atoms with Crippen LogP contribution < -0.4 is 5.32 Å². The number of nitrogens with one attached hydrogen (secondary N) is 1. The summed E-state index contributed by atoms with van der Waals surface area (Å²) in [6.07, 6.45) is 1.85. The molecule has 24 heavy (non-hydrogen) atoms. The number of fused-ring (bicyclic) bond motifs is 1. The summed E-state index contributed by atoms with van der Waals surface area (Å²) in [5.74, 6) is -0.0360. The third kappa shape index (κ3) is 2.89. The Bertz CT molecular complexity index is 976. The number of benzene rings is 2. The van der Waals surface area contributed by atoms with Crippen LogP contribution in [0.1, 0.15) is 5.56 Å². The van der Waals surface area contributed by atoms with Gasteiger partial charge in [-0.05, 0) is 51.0 Å². The molecule has 1 amide bonds. The molecule has 0 radical (unpaired) electrons. The Hall–Kier alpha value is -3.06. The molecule has 4 aromatic rings. The number of thiophene rings is 1. The second-order valence-electron chi connectivity index (χ2n) is 5.29. The van der Waals surface area contributed by atoms with E-state index in [0.29, 0.717) is 6.42 Å². The number of hydrogen-bond acceptors (Lipinski definition) is 5. The van der Waals surface area contributed by atoms with Crippen molar-refractivity contribution in [3.05, 3.63) is 65.8 Å². The normalized spacial score (nSPS) is 10.8. The summed E-state index contributed by atoms with van der Waals surface area (Å²) in [7, 11) is 0. The van der Waals surface area contributed by atoms with Crippen LogP contribution in [0.3, 0.4) is 0 Å². The van der Waals surface area contributed by atoms with Crippen molar-refractivity contribution in [1.29, 1.82) is 0 Å². The van der Waals surface area contributed by atoms with Gasteiger partial charge in [0.1, 0.15) is 6.33 Å². The molecule has 118 valence electrons. The zero-order valence-corrected chi connectivity index (χ0v) is 13.4. The van der Waals surface area contributed by atoms with Crippen LogP contribution in [0.2, 0.25) is 0 Å². The number of aromatic nitrogens is 4. The fourth-order valence-electron chi connectivity index (χ4n) is 2.52. The Morgan fingerprint density at radius 2 is 2.00 bits per heavy atom. The predicted octanol–water partition coefficient (Wildman–Crippen LogP) is 3.06. The molecule has 0 aliphatic rings. The molecule has 4 rings (SSSR count). The van der Waals surface area contributed by atoms with E-state index in [0.717, 1.165) is 27.0 Å². The number of amides is 1. The van der Waals surface area contributed by atoms with Crippen molar-refractivity contribution in [2.24, 2.45) is 0 Å². The molecule has 0 aliphatic heterocycles. The SMILES string of the molecule is O=C(Cc1ccc(-n2cnnn2)cc1)Nc1cccc2ccsc12. The Morgan fingerprint density at radius 3 is 2.79 bits per heavy atom. The molecule has 0 atom stereocenters. The van der Waals surface area contributed by atoms with Gasteiger partial charge >= 0.3 is 0 Å². The molecule has 7 heteroatoms. The van der Waals surface area contributed by atoms with E-state index in [4.69, 9.17) is 0 Å². The molecule has 0 fully saturated rings. The van der Waals surface area contributed by atoms with Crippen LogP contribution >= 0.6 is 11.3 Å². The van der Waals surface area contributed by atoms with Crippen molar-refractivity contribution in [3.8, 4) is 5.69 Å². The van der Waals surface area contributed by atoms with Gasteiger partial charge in [-0.1, -0.05) is 24.3 Å². The molecule has 2 heterocycles. The zero-order chi connectivity index (χ0) is 16.4. The van der Waals surface area contributed by atoms with Crippen molar-refractivity contribution in [1.82, 2.24) is 20.2 Å². The molecule has 1 N–H and O–H groups in total. The first-order chi connectivity index (χ1) is 11.8. The summed E-state index contributed by atoms with van der Waals surface area (Å²) in [4.78, 5) is 12.3. The van der Waals surface area contributed by atoms with Gasteiger partial charge in [0.2, 0.25) is 5.91 Å². The zero-order valence-electron chi connectivity index (χ0n) is 12.6. The van der Waals surface area contributed by atoms with Crippen LogP contribution in [0.5, 0.6) is 0 Å². The van der Waals surface area contributed by atoms with Gasteiger partial charge in [0.15, 0.2) is 0 Å². The molecule has 0 saturated heterocycles. The average molecular weight is 335 g/mol. The number of anilines is 1. The smallest absolute Gasteiger partial charge is 0.228 e. The van der Waals surface area contributed by atoms with Gasteiger partial charge in [-0.3, -0.25) is 4.79 Å². The van der Waals surface area contributed by atoms with Crippen LogP contribution in [0.4, 0.5) is 5.69 Å². The van der Waals surface area contributed by atoms with Crippen molar-refractivity contribution in [2.75, 3.05) is 5.32 Å². The van der Waals surface area contributed by atoms with E-state index in [2.05, 4.69) is 20.8 Å². The highest BCUT2D eigenvalue weighted by Gasteiger charge is 2.08. The summed E-state index contributed by atoms with van der Waals surface area (Å²) in [6, 6.07) is 15.6. The Labute approximate surface area is 141 Å². The van der Waals surface area contributed by atoms with Gasteiger partial charge < -0.3 is 5.32 Å². The van der Waals surface area contributed by atoms with Gasteiger partial charge in [-0.2, -0.15) is 0 Å². The Kier molecular flexibility index (Phi) is 3.76. The molecular formula is C17H13N5OS. The minimum absolute atomic E-state index is 0.0360. The topological polar surface area (TPSA) is 72.7 Å². The number of hydrogen-bond donors (Lipinski definition) is 1. The fourth-order valence-corrected chi connectivity index (χ4v) is 3.39. The number of rotatable bonds is 4. The first-order valence-electron chi connectivity index (χ1n) is 7.38. The largest absolute Gasteiger partial charge is 0.325 e. The molecule has 6 nitrogen and oxygen atoms in total. The summed E-state index contributed by atoms with van der Waals surface area (Å²) < 4.78 is 2.67. The number of carbonyl (C=O) groups is 1. The molecule has 0 spiro atoms. The quantitative estimate of drug-likeness (QED) is 0.622. The molecular weight excluding hydrogens is 322 g/mol. The second kappa shape index (κ2) is 6.21. The molecule has 2 aromatic carbocycles. The first-order valence-corrected chi connectivity index (χ1v) is 8.26. The van der Waals surface area contributed by atoms with Crippen LogP contribution in [0, 0.1) is 0 Å². The minimum atomic E-state index is -0.0360. The second-order valence-corrected chi connectivity index (χ2v) is 6.21. The molecule has 0 bridgehead atoms. The number of tetrazole rings is 1. The standard InChI is InChI=1S/C17H13N5OS/c23-16(19-15-3-1-2-13-8-9-24-17(13)15)10-12-4-6-14(7-5-12)22-11-18-20-21-22/h1-9,11H,10H2,(H,19,23). The summed E-state index contributed by atoms with van der Waals surface area (Å²) in [6.45, 7) is 0. The van der Waals surface area contributed by atoms with Crippen LogP contribution in [0.15, 0.2) is 60.2 Å². The predicted molar refractivity (Wildman–Crippen MR) is 93.3 cm³/mol. The van der Waals surface area contributed by atoms with Gasteiger partial charge in [0.25, 0.3) is 0 Å². The molecule has 2 aromatic heterocycles. The Balaban J connectivity index is 1.47. The number of carbonyl (C=O) groups excluding carboxylic acids is 1. The average Bonchev–Trinajstić information content (AvgIpc) is 3.27. The molecule has 0 aliphatic carbocycles. The van der Waals surface area contributed by atoms with Crippen LogP contribution in [0.25, 0.3) is 15.8 Å². The van der Waals surface area contributed by atoms with Gasteiger partial charge in [-0.15, -0.1) is 16.4 Å². The van der Waals surface area contributed by atoms with Gasteiger partial charge in [-0.25, -0.2) is 4.68 Å². The molecule has 0 saturated carbocycles. The van der Waals surface area contributed by atoms with E-state index < -0.39 is 0 Å². The van der Waals surface area contributed by atoms with Gasteiger partial charge in [0, 0.05) is 0 Å². The lowest BCUT2D eigenvalue weighted by Crippen LogP contribution is -2.14. The first kappa shape index (κ1) is 14.5. The maximum Gasteiger partial charge on any atom is 0.228 e. The Morgan fingerprint density at radius 1 is 1.12 bits per heavy atom. The maximum absolute atomic E-state index is 12.3. The highest BCUT2D eigenvalue weighted by molar-refractivity contribution is 7.17. The van der Waals surface area contributed by atoms with E-state index in [1.54, 1.807) is 16.0 Å². The fraction of sp³-hybridized carbons (Fsp3) is 0.0588. The van der Waals surface area contributed by atoms with Crippen molar-refractivity contribution < 1.29 is 4.79 Å². The van der Waals surface area contributed by atoms with E-state index in [1.807, 2.05) is 53.9 Å². The lowest BCUT2D eigenvalue weighted by molar-refractivity contribution is -0.115. The van der Waals surface area contributed by atoms with Crippen molar-refractivity contribution in [3.63, 3.8) is 0 Å². The van der Waals surface area contributed by atoms with Crippen molar-refractivity contribution >= 4 is 33.0 Å². The summed E-state index contributed by atoms with van der Waals surface area (Å²) in [5, 5.41) is 17.2. The molecule has 0 unspecified atom stereocenters. The minimum Gasteiger partial charge on any atom is -0.325 e. The van der Waals surface area contributed by atoms with Gasteiger partial charge in [0.05, 0.1) is 22.5 Å². The van der Waals surface area contributed by atoms with E-state index in [1.165, 1.54) is 6.33 Å². The lowest BCUT2D eigenvalue weighted by Gasteiger charge is -2.07. The summed E-state index contributed by atoms with van der Waals surface area (Å²) >= 11 is 1.63. The van der Waals surface area contributed by atoms with Crippen LogP contribution in [-0.2, 0) is 11.2 Å². The number of nitrogens with zero attached hydrogens (tertiary/aromatic N) is 4. The van der Waals surface area contributed by atoms with E-state index in [9.17, 15) is 4.79 Å². The van der Waals surface area contributed by atoms with E-state index in [-0.39, 0.29) is 5.91 Å². The highest BCUT2D eigenvalue weighted by atomic mass is 32.1. The van der Waals surface area contributed by atoms with Crippen LogP contribution in [-0.4, -0.2) is 26.1 Å².